The smallest absolute Gasteiger partial charge is 0.152 e. The molecule has 0 radical (unpaired) electrons. The van der Waals surface area contributed by atoms with Crippen LogP contribution in [0.1, 0.15) is 11.1 Å². The predicted octanol–water partition coefficient (Wildman–Crippen LogP) is 4.45. The third-order valence-electron chi connectivity index (χ3n) is 2.49. The van der Waals surface area contributed by atoms with E-state index in [0.717, 1.165) is 5.56 Å². The molecule has 1 N–H and O–H groups in total. The van der Waals surface area contributed by atoms with Crippen LogP contribution in [0.3, 0.4) is 0 Å². The number of nitrogens with one attached hydrogen (secondary N) is 1. The molecule has 0 fully saturated rings. The number of aryl methyl sites for hydroxylation is 1. The molecule has 1 aromatic heterocycles. The van der Waals surface area contributed by atoms with Crippen molar-refractivity contribution in [3.8, 4) is 0 Å². The molecule has 0 saturated carbocycles. The lowest BCUT2D eigenvalue weighted by atomic mass is 10.2. The number of hydrogen-bond donors (Lipinski definition) is 1. The lowest BCUT2D eigenvalue weighted by molar-refractivity contribution is 0.613. The summed E-state index contributed by atoms with van der Waals surface area (Å²) in [4.78, 5) is 4.01. The first-order valence-electron chi connectivity index (χ1n) is 5.37. The van der Waals surface area contributed by atoms with Gasteiger partial charge in [0.25, 0.3) is 0 Å². The summed E-state index contributed by atoms with van der Waals surface area (Å²) in [5.74, 6) is -0.341. The standard InChI is InChI=1S/C13H11Cl2FN2/c1-8-5-12(13(15)18-6-8)17-7-9-10(14)3-2-4-11(9)16/h2-6,17H,7H2,1H3. The minimum Gasteiger partial charge on any atom is -0.378 e. The maximum absolute atomic E-state index is 13.6. The second kappa shape index (κ2) is 5.55. The largest absolute Gasteiger partial charge is 0.378 e. The molecule has 0 bridgehead atoms. The summed E-state index contributed by atoms with van der Waals surface area (Å²) in [7, 11) is 0. The van der Waals surface area contributed by atoms with Crippen LogP contribution in [0, 0.1) is 12.7 Å². The molecule has 5 heteroatoms. The Morgan fingerprint density at radius 1 is 1.33 bits per heavy atom. The number of nitrogens with zero attached hydrogens (tertiary/aromatic N) is 1. The zero-order valence-electron chi connectivity index (χ0n) is 9.67. The number of halogens is 3. The highest BCUT2D eigenvalue weighted by Gasteiger charge is 2.08. The van der Waals surface area contributed by atoms with Crippen LogP contribution >= 0.6 is 23.2 Å². The van der Waals surface area contributed by atoms with Gasteiger partial charge in [-0.15, -0.1) is 0 Å². The Hall–Kier alpha value is -1.32. The normalized spacial score (nSPS) is 10.4. The molecule has 0 spiro atoms. The molecule has 94 valence electrons. The van der Waals surface area contributed by atoms with Gasteiger partial charge < -0.3 is 5.32 Å². The van der Waals surface area contributed by atoms with Gasteiger partial charge in [-0.3, -0.25) is 0 Å². The lowest BCUT2D eigenvalue weighted by Crippen LogP contribution is -2.04. The van der Waals surface area contributed by atoms with Crippen molar-refractivity contribution in [2.75, 3.05) is 5.32 Å². The summed E-state index contributed by atoms with van der Waals surface area (Å²) < 4.78 is 13.6. The Labute approximate surface area is 115 Å². The van der Waals surface area contributed by atoms with Crippen LogP contribution in [0.15, 0.2) is 30.5 Å². The topological polar surface area (TPSA) is 24.9 Å². The molecular formula is C13H11Cl2FN2. The van der Waals surface area contributed by atoms with Gasteiger partial charge in [-0.1, -0.05) is 29.3 Å². The Morgan fingerprint density at radius 2 is 2.11 bits per heavy atom. The highest BCUT2D eigenvalue weighted by molar-refractivity contribution is 6.32. The molecular weight excluding hydrogens is 274 g/mol. The van der Waals surface area contributed by atoms with Gasteiger partial charge in [-0.05, 0) is 30.7 Å². The number of hydrogen-bond acceptors (Lipinski definition) is 2. The molecule has 0 amide bonds. The molecule has 2 rings (SSSR count). The van der Waals surface area contributed by atoms with E-state index in [1.165, 1.54) is 6.07 Å². The van der Waals surface area contributed by atoms with Gasteiger partial charge in [0, 0.05) is 23.3 Å². The quantitative estimate of drug-likeness (QED) is 0.843. The Balaban J connectivity index is 2.19. The summed E-state index contributed by atoms with van der Waals surface area (Å²) in [6.07, 6.45) is 1.67. The van der Waals surface area contributed by atoms with E-state index in [4.69, 9.17) is 23.2 Å². The van der Waals surface area contributed by atoms with Gasteiger partial charge in [0.1, 0.15) is 5.82 Å². The summed E-state index contributed by atoms with van der Waals surface area (Å²) in [5, 5.41) is 3.78. The Morgan fingerprint density at radius 3 is 2.83 bits per heavy atom. The summed E-state index contributed by atoms with van der Waals surface area (Å²) in [6, 6.07) is 6.45. The molecule has 1 aromatic carbocycles. The molecule has 0 aliphatic rings. The van der Waals surface area contributed by atoms with Crippen molar-refractivity contribution in [1.29, 1.82) is 0 Å². The van der Waals surface area contributed by atoms with Crippen molar-refractivity contribution < 1.29 is 4.39 Å². The molecule has 0 saturated heterocycles. The second-order valence-electron chi connectivity index (χ2n) is 3.90. The van der Waals surface area contributed by atoms with Crippen LogP contribution in [-0.2, 0) is 6.54 Å². The summed E-state index contributed by atoms with van der Waals surface area (Å²) in [5.41, 5.74) is 2.05. The first-order chi connectivity index (χ1) is 8.58. The average molecular weight is 285 g/mol. The van der Waals surface area contributed by atoms with Crippen LogP contribution in [-0.4, -0.2) is 4.98 Å². The van der Waals surface area contributed by atoms with Crippen LogP contribution in [0.25, 0.3) is 0 Å². The van der Waals surface area contributed by atoms with E-state index in [2.05, 4.69) is 10.3 Å². The van der Waals surface area contributed by atoms with Crippen molar-refractivity contribution >= 4 is 28.9 Å². The van der Waals surface area contributed by atoms with Crippen molar-refractivity contribution in [3.05, 3.63) is 57.6 Å². The monoisotopic (exact) mass is 284 g/mol. The van der Waals surface area contributed by atoms with Crippen molar-refractivity contribution in [2.45, 2.75) is 13.5 Å². The van der Waals surface area contributed by atoms with Crippen molar-refractivity contribution in [2.24, 2.45) is 0 Å². The molecule has 2 nitrogen and oxygen atoms in total. The highest BCUT2D eigenvalue weighted by atomic mass is 35.5. The number of pyridine rings is 1. The van der Waals surface area contributed by atoms with Crippen LogP contribution < -0.4 is 5.32 Å². The predicted molar refractivity (Wildman–Crippen MR) is 72.7 cm³/mol. The second-order valence-corrected chi connectivity index (χ2v) is 4.67. The maximum atomic E-state index is 13.6. The minimum absolute atomic E-state index is 0.260. The first-order valence-corrected chi connectivity index (χ1v) is 6.12. The zero-order chi connectivity index (χ0) is 13.1. The first kappa shape index (κ1) is 13.1. The number of rotatable bonds is 3. The Bertz CT molecular complexity index is 553. The molecule has 0 aliphatic carbocycles. The highest BCUT2D eigenvalue weighted by Crippen LogP contribution is 2.23. The maximum Gasteiger partial charge on any atom is 0.152 e. The zero-order valence-corrected chi connectivity index (χ0v) is 11.2. The Kier molecular flexibility index (Phi) is 4.04. The van der Waals surface area contributed by atoms with E-state index in [1.54, 1.807) is 18.3 Å². The van der Waals surface area contributed by atoms with E-state index in [1.807, 2.05) is 13.0 Å². The van der Waals surface area contributed by atoms with Crippen molar-refractivity contribution in [1.82, 2.24) is 4.98 Å². The fourth-order valence-corrected chi connectivity index (χ4v) is 1.96. The molecule has 2 aromatic rings. The average Bonchev–Trinajstić information content (AvgIpc) is 2.33. The van der Waals surface area contributed by atoms with Gasteiger partial charge in [0.05, 0.1) is 5.69 Å². The van der Waals surface area contributed by atoms with Gasteiger partial charge in [0.15, 0.2) is 5.15 Å². The molecule has 0 atom stereocenters. The van der Waals surface area contributed by atoms with Crippen LogP contribution in [0.5, 0.6) is 0 Å². The SMILES string of the molecule is Cc1cnc(Cl)c(NCc2c(F)cccc2Cl)c1. The molecule has 0 aliphatic heterocycles. The third kappa shape index (κ3) is 2.92. The van der Waals surface area contributed by atoms with E-state index in [-0.39, 0.29) is 12.4 Å². The van der Waals surface area contributed by atoms with Gasteiger partial charge in [-0.2, -0.15) is 0 Å². The van der Waals surface area contributed by atoms with Gasteiger partial charge >= 0.3 is 0 Å². The van der Waals surface area contributed by atoms with Crippen molar-refractivity contribution in [3.63, 3.8) is 0 Å². The summed E-state index contributed by atoms with van der Waals surface area (Å²) >= 11 is 11.9. The van der Waals surface area contributed by atoms with E-state index in [9.17, 15) is 4.39 Å². The summed E-state index contributed by atoms with van der Waals surface area (Å²) in [6.45, 7) is 2.17. The number of aromatic nitrogens is 1. The fourth-order valence-electron chi connectivity index (χ4n) is 1.56. The third-order valence-corrected chi connectivity index (χ3v) is 3.15. The molecule has 18 heavy (non-hydrogen) atoms. The van der Waals surface area contributed by atoms with E-state index in [0.29, 0.717) is 21.4 Å². The minimum atomic E-state index is -0.341. The number of benzene rings is 1. The van der Waals surface area contributed by atoms with Gasteiger partial charge in [-0.25, -0.2) is 9.37 Å². The van der Waals surface area contributed by atoms with Crippen LogP contribution in [0.2, 0.25) is 10.2 Å². The molecule has 1 heterocycles. The van der Waals surface area contributed by atoms with Gasteiger partial charge in [0.2, 0.25) is 0 Å². The van der Waals surface area contributed by atoms with E-state index < -0.39 is 0 Å². The molecule has 0 unspecified atom stereocenters. The lowest BCUT2D eigenvalue weighted by Gasteiger charge is -2.10. The number of anilines is 1. The van der Waals surface area contributed by atoms with Crippen LogP contribution in [0.4, 0.5) is 10.1 Å². The fraction of sp³-hybridized carbons (Fsp3) is 0.154. The van der Waals surface area contributed by atoms with E-state index >= 15 is 0 Å².